The van der Waals surface area contributed by atoms with Gasteiger partial charge in [0.1, 0.15) is 0 Å². The fourth-order valence-electron chi connectivity index (χ4n) is 3.17. The molecule has 1 N–H and O–H groups in total. The molecule has 1 aromatic heterocycles. The van der Waals surface area contributed by atoms with Crippen LogP contribution in [-0.2, 0) is 10.9 Å². The fourth-order valence-corrected chi connectivity index (χ4v) is 3.95. The summed E-state index contributed by atoms with van der Waals surface area (Å²) < 4.78 is 43.6. The topological polar surface area (TPSA) is 53.9 Å². The van der Waals surface area contributed by atoms with Gasteiger partial charge < -0.3 is 4.74 Å². The lowest BCUT2D eigenvalue weighted by Crippen LogP contribution is -2.30. The van der Waals surface area contributed by atoms with Crippen molar-refractivity contribution in [1.29, 1.82) is 0 Å². The molecule has 0 saturated carbocycles. The number of methoxy groups -OCH3 is 1. The normalized spacial score (nSPS) is 16.8. The number of thiophene rings is 1. The first-order valence-corrected chi connectivity index (χ1v) is 10.0. The van der Waals surface area contributed by atoms with Gasteiger partial charge in [-0.15, -0.1) is 11.3 Å². The maximum absolute atomic E-state index is 12.9. The maximum Gasteiger partial charge on any atom is 0.416 e. The molecule has 3 rings (SSSR count). The van der Waals surface area contributed by atoms with E-state index in [0.29, 0.717) is 24.4 Å². The van der Waals surface area contributed by atoms with Crippen molar-refractivity contribution < 1.29 is 22.7 Å². The molecule has 1 aromatic carbocycles. The lowest BCUT2D eigenvalue weighted by atomic mass is 9.93. The van der Waals surface area contributed by atoms with Gasteiger partial charge in [-0.1, -0.05) is 12.1 Å². The first-order chi connectivity index (χ1) is 13.8. The molecule has 0 saturated heterocycles. The van der Waals surface area contributed by atoms with E-state index in [4.69, 9.17) is 4.74 Å². The molecule has 1 unspecified atom stereocenters. The molecule has 2 aromatic rings. The van der Waals surface area contributed by atoms with E-state index in [1.807, 2.05) is 18.4 Å². The Kier molecular flexibility index (Phi) is 6.59. The summed E-state index contributed by atoms with van der Waals surface area (Å²) in [5.74, 6) is -0.0716. The minimum Gasteiger partial charge on any atom is -0.385 e. The van der Waals surface area contributed by atoms with E-state index in [1.165, 1.54) is 28.5 Å². The second kappa shape index (κ2) is 8.96. The van der Waals surface area contributed by atoms with Crippen LogP contribution < -0.4 is 5.32 Å². The number of hydrogen-bond acceptors (Lipinski definition) is 4. The van der Waals surface area contributed by atoms with Crippen molar-refractivity contribution in [3.8, 4) is 0 Å². The lowest BCUT2D eigenvalue weighted by molar-refractivity contribution is -0.137. The summed E-state index contributed by atoms with van der Waals surface area (Å²) >= 11 is 1.43. The molecule has 1 aliphatic rings. The molecular formula is C20H22F3N3O2S. The SMILES string of the molecule is COCCCC1CN(C(=O)Nc2cc(C)cs2)N=C1c1ccc(C(F)(F)F)cc1. The number of halogens is 3. The average Bonchev–Trinajstić information content (AvgIpc) is 3.28. The number of hydrogen-bond donors (Lipinski definition) is 1. The third kappa shape index (κ3) is 5.36. The Labute approximate surface area is 171 Å². The second-order valence-electron chi connectivity index (χ2n) is 6.89. The van der Waals surface area contributed by atoms with E-state index in [0.717, 1.165) is 35.5 Å². The average molecular weight is 425 g/mol. The molecule has 9 heteroatoms. The van der Waals surface area contributed by atoms with E-state index in [1.54, 1.807) is 7.11 Å². The van der Waals surface area contributed by atoms with Crippen LogP contribution in [0.15, 0.2) is 40.8 Å². The van der Waals surface area contributed by atoms with Crippen LogP contribution in [0.5, 0.6) is 0 Å². The summed E-state index contributed by atoms with van der Waals surface area (Å²) in [4.78, 5) is 12.6. The van der Waals surface area contributed by atoms with Gasteiger partial charge in [0.15, 0.2) is 0 Å². The summed E-state index contributed by atoms with van der Waals surface area (Å²) in [5.41, 5.74) is 1.55. The van der Waals surface area contributed by atoms with Crippen molar-refractivity contribution >= 4 is 28.1 Å². The first kappa shape index (κ1) is 21.3. The number of urea groups is 1. The van der Waals surface area contributed by atoms with Gasteiger partial charge in [0.2, 0.25) is 0 Å². The highest BCUT2D eigenvalue weighted by Crippen LogP contribution is 2.31. The highest BCUT2D eigenvalue weighted by Gasteiger charge is 2.33. The molecule has 2 amide bonds. The summed E-state index contributed by atoms with van der Waals surface area (Å²) in [5, 5.41) is 11.3. The van der Waals surface area contributed by atoms with Crippen molar-refractivity contribution in [3.05, 3.63) is 52.4 Å². The number of aryl methyl sites for hydroxylation is 1. The molecule has 5 nitrogen and oxygen atoms in total. The third-order valence-electron chi connectivity index (χ3n) is 4.61. The summed E-state index contributed by atoms with van der Waals surface area (Å²) in [6.45, 7) is 2.88. The standard InChI is InChI=1S/C20H22F3N3O2S/c1-13-10-17(29-12-13)24-19(27)26-11-15(4-3-9-28-2)18(25-26)14-5-7-16(8-6-14)20(21,22)23/h5-8,10,12,15H,3-4,9,11H2,1-2H3,(H,24,27). The Balaban J connectivity index is 1.79. The van der Waals surface area contributed by atoms with Gasteiger partial charge in [-0.05, 0) is 54.5 Å². The van der Waals surface area contributed by atoms with Crippen LogP contribution in [0.2, 0.25) is 0 Å². The van der Waals surface area contributed by atoms with Crippen LogP contribution >= 0.6 is 11.3 Å². The predicted octanol–water partition coefficient (Wildman–Crippen LogP) is 5.37. The molecule has 0 spiro atoms. The summed E-state index contributed by atoms with van der Waals surface area (Å²) in [6.07, 6.45) is -2.91. The summed E-state index contributed by atoms with van der Waals surface area (Å²) in [6, 6.07) is 6.42. The molecule has 1 aliphatic heterocycles. The number of carbonyl (C=O) groups is 1. The molecule has 156 valence electrons. The number of benzene rings is 1. The Morgan fingerprint density at radius 3 is 2.66 bits per heavy atom. The Hall–Kier alpha value is -2.39. The highest BCUT2D eigenvalue weighted by atomic mass is 32.1. The van der Waals surface area contributed by atoms with Crippen LogP contribution in [0.1, 0.15) is 29.5 Å². The zero-order valence-electron chi connectivity index (χ0n) is 16.1. The van der Waals surface area contributed by atoms with Gasteiger partial charge in [0.25, 0.3) is 0 Å². The van der Waals surface area contributed by atoms with E-state index in [2.05, 4.69) is 10.4 Å². The van der Waals surface area contributed by atoms with Crippen molar-refractivity contribution in [2.75, 3.05) is 25.6 Å². The molecule has 29 heavy (non-hydrogen) atoms. The van der Waals surface area contributed by atoms with Crippen LogP contribution in [0.3, 0.4) is 0 Å². The van der Waals surface area contributed by atoms with Gasteiger partial charge >= 0.3 is 12.2 Å². The minimum atomic E-state index is -4.39. The quantitative estimate of drug-likeness (QED) is 0.633. The molecular weight excluding hydrogens is 403 g/mol. The zero-order valence-corrected chi connectivity index (χ0v) is 16.9. The van der Waals surface area contributed by atoms with Crippen LogP contribution in [0, 0.1) is 12.8 Å². The Morgan fingerprint density at radius 2 is 2.07 bits per heavy atom. The molecule has 0 fully saturated rings. The number of nitrogens with one attached hydrogen (secondary N) is 1. The van der Waals surface area contributed by atoms with Crippen molar-refractivity contribution in [2.45, 2.75) is 25.9 Å². The molecule has 2 heterocycles. The van der Waals surface area contributed by atoms with Crippen LogP contribution in [0.4, 0.5) is 23.0 Å². The number of ether oxygens (including phenoxy) is 1. The van der Waals surface area contributed by atoms with Gasteiger partial charge in [-0.25, -0.2) is 9.80 Å². The second-order valence-corrected chi connectivity index (χ2v) is 7.80. The highest BCUT2D eigenvalue weighted by molar-refractivity contribution is 7.14. The van der Waals surface area contributed by atoms with Gasteiger partial charge in [0.05, 0.1) is 22.8 Å². The lowest BCUT2D eigenvalue weighted by Gasteiger charge is -2.15. The van der Waals surface area contributed by atoms with Crippen molar-refractivity contribution in [2.24, 2.45) is 11.0 Å². The van der Waals surface area contributed by atoms with Gasteiger partial charge in [-0.2, -0.15) is 18.3 Å². The summed E-state index contributed by atoms with van der Waals surface area (Å²) in [7, 11) is 1.61. The predicted molar refractivity (Wildman–Crippen MR) is 107 cm³/mol. The smallest absolute Gasteiger partial charge is 0.385 e. The van der Waals surface area contributed by atoms with Crippen LogP contribution in [-0.4, -0.2) is 37.0 Å². The van der Waals surface area contributed by atoms with E-state index in [-0.39, 0.29) is 11.9 Å². The van der Waals surface area contributed by atoms with E-state index >= 15 is 0 Å². The monoisotopic (exact) mass is 425 g/mol. The third-order valence-corrected chi connectivity index (χ3v) is 5.58. The Morgan fingerprint density at radius 1 is 1.34 bits per heavy atom. The van der Waals surface area contributed by atoms with Crippen LogP contribution in [0.25, 0.3) is 0 Å². The number of hydrazone groups is 1. The molecule has 0 aliphatic carbocycles. The molecule has 0 radical (unpaired) electrons. The van der Waals surface area contributed by atoms with Crippen molar-refractivity contribution in [3.63, 3.8) is 0 Å². The van der Waals surface area contributed by atoms with Gasteiger partial charge in [0, 0.05) is 19.6 Å². The van der Waals surface area contributed by atoms with Crippen molar-refractivity contribution in [1.82, 2.24) is 5.01 Å². The number of anilines is 1. The molecule has 0 bridgehead atoms. The largest absolute Gasteiger partial charge is 0.416 e. The zero-order chi connectivity index (χ0) is 21.0. The number of carbonyl (C=O) groups excluding carboxylic acids is 1. The number of nitrogens with zero attached hydrogens (tertiary/aromatic N) is 2. The number of rotatable bonds is 6. The number of amides is 2. The maximum atomic E-state index is 12.9. The fraction of sp³-hybridized carbons (Fsp3) is 0.400. The number of alkyl halides is 3. The molecule has 1 atom stereocenters. The van der Waals surface area contributed by atoms with Gasteiger partial charge in [-0.3, -0.25) is 5.32 Å². The van der Waals surface area contributed by atoms with E-state index < -0.39 is 11.7 Å². The Bertz CT molecular complexity index is 878. The van der Waals surface area contributed by atoms with E-state index in [9.17, 15) is 18.0 Å². The minimum absolute atomic E-state index is 0.0716. The first-order valence-electron chi connectivity index (χ1n) is 9.16.